The second kappa shape index (κ2) is 4.91. The Labute approximate surface area is 86.5 Å². The molecule has 2 N–H and O–H groups in total. The van der Waals surface area contributed by atoms with E-state index in [0.717, 1.165) is 12.6 Å². The maximum absolute atomic E-state index is 5.61. The zero-order chi connectivity index (χ0) is 9.84. The number of rotatable bonds is 6. The lowest BCUT2D eigenvalue weighted by molar-refractivity contribution is 0.249. The van der Waals surface area contributed by atoms with Gasteiger partial charge in [-0.15, -0.1) is 0 Å². The Hall–Kier alpha value is -0.150. The summed E-state index contributed by atoms with van der Waals surface area (Å²) in [5.74, 6) is 0.363. The Morgan fingerprint density at radius 2 is 2.23 bits per heavy atom. The maximum Gasteiger partial charge on any atom is 0.0768 e. The Morgan fingerprint density at radius 3 is 2.62 bits per heavy atom. The van der Waals surface area contributed by atoms with E-state index in [4.69, 9.17) is 18.0 Å². The van der Waals surface area contributed by atoms with Gasteiger partial charge in [0.25, 0.3) is 0 Å². The van der Waals surface area contributed by atoms with Crippen molar-refractivity contribution in [2.45, 2.75) is 39.2 Å². The zero-order valence-electron chi connectivity index (χ0n) is 8.62. The Kier molecular flexibility index (Phi) is 4.13. The van der Waals surface area contributed by atoms with Crippen molar-refractivity contribution >= 4 is 17.2 Å². The van der Waals surface area contributed by atoms with Crippen LogP contribution in [0.15, 0.2) is 0 Å². The van der Waals surface area contributed by atoms with Crippen LogP contribution < -0.4 is 5.73 Å². The lowest BCUT2D eigenvalue weighted by Gasteiger charge is -2.24. The molecule has 0 aliphatic heterocycles. The molecule has 0 amide bonds. The predicted molar refractivity (Wildman–Crippen MR) is 60.8 cm³/mol. The van der Waals surface area contributed by atoms with Gasteiger partial charge >= 0.3 is 0 Å². The largest absolute Gasteiger partial charge is 0.393 e. The molecule has 13 heavy (non-hydrogen) atoms. The van der Waals surface area contributed by atoms with Crippen LogP contribution in [0.5, 0.6) is 0 Å². The first-order chi connectivity index (χ1) is 6.15. The summed E-state index contributed by atoms with van der Waals surface area (Å²) in [6, 6.07) is 0.830. The molecule has 0 radical (unpaired) electrons. The van der Waals surface area contributed by atoms with Crippen LogP contribution in [0.1, 0.15) is 33.1 Å². The number of nitrogens with two attached hydrogens (primary N) is 1. The van der Waals surface area contributed by atoms with Gasteiger partial charge < -0.3 is 5.73 Å². The first kappa shape index (κ1) is 10.9. The third-order valence-corrected chi connectivity index (χ3v) is 2.97. The van der Waals surface area contributed by atoms with Gasteiger partial charge in [-0.3, -0.25) is 4.90 Å². The van der Waals surface area contributed by atoms with Gasteiger partial charge in [0, 0.05) is 18.5 Å². The van der Waals surface area contributed by atoms with Crippen LogP contribution in [-0.2, 0) is 0 Å². The van der Waals surface area contributed by atoms with Gasteiger partial charge in [-0.25, -0.2) is 0 Å². The van der Waals surface area contributed by atoms with Gasteiger partial charge in [0.1, 0.15) is 0 Å². The van der Waals surface area contributed by atoms with E-state index in [1.54, 1.807) is 0 Å². The lowest BCUT2D eigenvalue weighted by atomic mass is 10.1. The Bertz CT molecular complexity index is 178. The normalized spacial score (nSPS) is 19.0. The minimum atomic E-state index is 0.363. The SMILES string of the molecule is CCCN(CC(C)C(N)=S)C1CC1. The molecule has 1 saturated carbocycles. The molecule has 76 valence electrons. The summed E-state index contributed by atoms with van der Waals surface area (Å²) in [6.45, 7) is 6.58. The van der Waals surface area contributed by atoms with E-state index < -0.39 is 0 Å². The molecule has 1 aliphatic carbocycles. The van der Waals surface area contributed by atoms with Crippen LogP contribution in [0, 0.1) is 5.92 Å². The first-order valence-corrected chi connectivity index (χ1v) is 5.59. The molecule has 0 bridgehead atoms. The highest BCUT2D eigenvalue weighted by atomic mass is 32.1. The second-order valence-corrected chi connectivity index (χ2v) is 4.50. The van der Waals surface area contributed by atoms with Crippen LogP contribution in [0.25, 0.3) is 0 Å². The number of hydrogen-bond donors (Lipinski definition) is 1. The van der Waals surface area contributed by atoms with E-state index in [-0.39, 0.29) is 0 Å². The smallest absolute Gasteiger partial charge is 0.0768 e. The van der Waals surface area contributed by atoms with E-state index in [1.807, 2.05) is 0 Å². The molecule has 1 fully saturated rings. The van der Waals surface area contributed by atoms with Crippen molar-refractivity contribution < 1.29 is 0 Å². The molecule has 0 aromatic heterocycles. The highest BCUT2D eigenvalue weighted by molar-refractivity contribution is 7.80. The molecule has 3 heteroatoms. The third kappa shape index (κ3) is 3.61. The van der Waals surface area contributed by atoms with Crippen molar-refractivity contribution in [3.05, 3.63) is 0 Å². The van der Waals surface area contributed by atoms with Gasteiger partial charge in [-0.05, 0) is 25.8 Å². The van der Waals surface area contributed by atoms with Crippen LogP contribution >= 0.6 is 12.2 Å². The average molecular weight is 200 g/mol. The van der Waals surface area contributed by atoms with Crippen LogP contribution in [0.3, 0.4) is 0 Å². The molecule has 0 aromatic carbocycles. The van der Waals surface area contributed by atoms with Gasteiger partial charge in [0.05, 0.1) is 4.99 Å². The predicted octanol–water partition coefficient (Wildman–Crippen LogP) is 1.78. The van der Waals surface area contributed by atoms with Gasteiger partial charge in [-0.1, -0.05) is 26.1 Å². The topological polar surface area (TPSA) is 29.3 Å². The molecular formula is C10H20N2S. The highest BCUT2D eigenvalue weighted by Gasteiger charge is 2.29. The molecule has 2 nitrogen and oxygen atoms in total. The monoisotopic (exact) mass is 200 g/mol. The summed E-state index contributed by atoms with van der Waals surface area (Å²) in [4.78, 5) is 3.19. The summed E-state index contributed by atoms with van der Waals surface area (Å²) in [5, 5.41) is 0. The maximum atomic E-state index is 5.61. The molecule has 0 spiro atoms. The fourth-order valence-corrected chi connectivity index (χ4v) is 1.67. The summed E-state index contributed by atoms with van der Waals surface area (Å²) >= 11 is 4.98. The van der Waals surface area contributed by atoms with Crippen molar-refractivity contribution in [3.8, 4) is 0 Å². The second-order valence-electron chi connectivity index (χ2n) is 4.03. The van der Waals surface area contributed by atoms with E-state index in [9.17, 15) is 0 Å². The molecule has 1 unspecified atom stereocenters. The first-order valence-electron chi connectivity index (χ1n) is 5.18. The van der Waals surface area contributed by atoms with Crippen molar-refractivity contribution in [2.75, 3.05) is 13.1 Å². The Morgan fingerprint density at radius 1 is 1.62 bits per heavy atom. The van der Waals surface area contributed by atoms with E-state index in [0.29, 0.717) is 10.9 Å². The van der Waals surface area contributed by atoms with E-state index in [2.05, 4.69) is 18.7 Å². The van der Waals surface area contributed by atoms with Gasteiger partial charge in [0.2, 0.25) is 0 Å². The van der Waals surface area contributed by atoms with Gasteiger partial charge in [0.15, 0.2) is 0 Å². The number of thiocarbonyl (C=S) groups is 1. The van der Waals surface area contributed by atoms with Gasteiger partial charge in [-0.2, -0.15) is 0 Å². The highest BCUT2D eigenvalue weighted by Crippen LogP contribution is 2.27. The molecule has 1 aliphatic rings. The number of hydrogen-bond acceptors (Lipinski definition) is 2. The number of nitrogens with zero attached hydrogens (tertiary/aromatic N) is 1. The van der Waals surface area contributed by atoms with Crippen LogP contribution in [0.4, 0.5) is 0 Å². The van der Waals surface area contributed by atoms with Crippen LogP contribution in [0.2, 0.25) is 0 Å². The van der Waals surface area contributed by atoms with E-state index in [1.165, 1.54) is 25.8 Å². The van der Waals surface area contributed by atoms with Crippen molar-refractivity contribution in [1.29, 1.82) is 0 Å². The minimum absolute atomic E-state index is 0.363. The average Bonchev–Trinajstić information content (AvgIpc) is 2.85. The van der Waals surface area contributed by atoms with E-state index >= 15 is 0 Å². The van der Waals surface area contributed by atoms with Crippen molar-refractivity contribution in [2.24, 2.45) is 11.7 Å². The zero-order valence-corrected chi connectivity index (χ0v) is 9.44. The van der Waals surface area contributed by atoms with Crippen LogP contribution in [-0.4, -0.2) is 29.0 Å². The molecular weight excluding hydrogens is 180 g/mol. The Balaban J connectivity index is 2.32. The molecule has 0 saturated heterocycles. The molecule has 0 heterocycles. The molecule has 1 rings (SSSR count). The standard InChI is InChI=1S/C10H20N2S/c1-3-6-12(9-4-5-9)7-8(2)10(11)13/h8-9H,3-7H2,1-2H3,(H2,11,13). The third-order valence-electron chi connectivity index (χ3n) is 2.57. The molecule has 0 aromatic rings. The lowest BCUT2D eigenvalue weighted by Crippen LogP contribution is -2.35. The summed E-state index contributed by atoms with van der Waals surface area (Å²) in [6.07, 6.45) is 3.95. The minimum Gasteiger partial charge on any atom is -0.393 e. The molecule has 1 atom stereocenters. The fraction of sp³-hybridized carbons (Fsp3) is 0.900. The summed E-state index contributed by atoms with van der Waals surface area (Å²) < 4.78 is 0. The quantitative estimate of drug-likeness (QED) is 0.663. The summed E-state index contributed by atoms with van der Waals surface area (Å²) in [5.41, 5.74) is 5.61. The van der Waals surface area contributed by atoms with Crippen molar-refractivity contribution in [1.82, 2.24) is 4.90 Å². The van der Waals surface area contributed by atoms with Crippen molar-refractivity contribution in [3.63, 3.8) is 0 Å². The fourth-order valence-electron chi connectivity index (χ4n) is 1.59. The summed E-state index contributed by atoms with van der Waals surface area (Å²) in [7, 11) is 0.